The predicted molar refractivity (Wildman–Crippen MR) is 96.1 cm³/mol. The van der Waals surface area contributed by atoms with Gasteiger partial charge < -0.3 is 10.1 Å². The summed E-state index contributed by atoms with van der Waals surface area (Å²) in [6.07, 6.45) is 1.79. The molecule has 1 amide bonds. The monoisotopic (exact) mass is 381 g/mol. The highest BCUT2D eigenvalue weighted by atomic mass is 35.5. The molecule has 1 atom stereocenters. The zero-order chi connectivity index (χ0) is 19.3. The molecule has 1 N–H and O–H groups in total. The van der Waals surface area contributed by atoms with Crippen molar-refractivity contribution in [3.05, 3.63) is 46.5 Å². The fourth-order valence-corrected chi connectivity index (χ4v) is 2.86. The van der Waals surface area contributed by atoms with Gasteiger partial charge in [0.25, 0.3) is 5.91 Å². The van der Waals surface area contributed by atoms with E-state index in [1.165, 1.54) is 28.9 Å². The molecule has 0 aliphatic carbocycles. The molecule has 0 unspecified atom stereocenters. The number of esters is 1. The van der Waals surface area contributed by atoms with Gasteiger partial charge in [0.15, 0.2) is 6.61 Å². The highest BCUT2D eigenvalue weighted by Gasteiger charge is 2.23. The molecule has 0 fully saturated rings. The lowest BCUT2D eigenvalue weighted by Gasteiger charge is -2.12. The van der Waals surface area contributed by atoms with Crippen LogP contribution in [0.1, 0.15) is 42.7 Å². The van der Waals surface area contributed by atoms with Gasteiger partial charge in [0, 0.05) is 6.04 Å². The number of aryl methyl sites for hydroxylation is 1. The number of nitrogens with one attached hydrogen (secondary N) is 1. The number of carbonyl (C=O) groups excluding carboxylic acids is 2. The third-order valence-electron chi connectivity index (χ3n) is 3.74. The fourth-order valence-electron chi connectivity index (χ4n) is 2.51. The van der Waals surface area contributed by atoms with Gasteiger partial charge in [-0.3, -0.25) is 4.79 Å². The lowest BCUT2D eigenvalue weighted by molar-refractivity contribution is -0.124. The summed E-state index contributed by atoms with van der Waals surface area (Å²) >= 11 is 6.25. The molecule has 2 rings (SSSR count). The van der Waals surface area contributed by atoms with Crippen LogP contribution < -0.4 is 5.32 Å². The lowest BCUT2D eigenvalue weighted by Crippen LogP contribution is -2.35. The molecule has 0 saturated heterocycles. The molecule has 26 heavy (non-hydrogen) atoms. The van der Waals surface area contributed by atoms with Gasteiger partial charge in [-0.25, -0.2) is 13.9 Å². The quantitative estimate of drug-likeness (QED) is 0.746. The Bertz CT molecular complexity index is 790. The van der Waals surface area contributed by atoms with Gasteiger partial charge in [-0.15, -0.1) is 0 Å². The van der Waals surface area contributed by atoms with E-state index in [-0.39, 0.29) is 22.7 Å². The van der Waals surface area contributed by atoms with Crippen LogP contribution in [0.2, 0.25) is 5.15 Å². The number of hydrogen-bond donors (Lipinski definition) is 1. The van der Waals surface area contributed by atoms with Crippen LogP contribution in [0.5, 0.6) is 0 Å². The summed E-state index contributed by atoms with van der Waals surface area (Å²) in [5.74, 6) is -1.50. The minimum Gasteiger partial charge on any atom is -0.452 e. The Morgan fingerprint density at radius 1 is 1.35 bits per heavy atom. The number of hydrogen-bond acceptors (Lipinski definition) is 4. The molecule has 8 heteroatoms. The molecule has 0 aliphatic heterocycles. The van der Waals surface area contributed by atoms with Crippen LogP contribution in [-0.4, -0.2) is 34.3 Å². The SMILES string of the molecule is CCC[C@H](C)NC(=O)COC(=O)c1c(C)nn(-c2ccc(F)cc2)c1Cl. The number of nitrogens with zero attached hydrogens (tertiary/aromatic N) is 2. The summed E-state index contributed by atoms with van der Waals surface area (Å²) in [7, 11) is 0. The van der Waals surface area contributed by atoms with E-state index in [1.807, 2.05) is 13.8 Å². The standard InChI is InChI=1S/C18H21ClFN3O3/c1-4-5-11(2)21-15(24)10-26-18(25)16-12(3)22-23(17(16)19)14-8-6-13(20)7-9-14/h6-9,11H,4-5,10H2,1-3H3,(H,21,24)/t11-/m0/s1. The van der Waals surface area contributed by atoms with Crippen LogP contribution in [-0.2, 0) is 9.53 Å². The number of aromatic nitrogens is 2. The van der Waals surface area contributed by atoms with E-state index in [9.17, 15) is 14.0 Å². The highest BCUT2D eigenvalue weighted by molar-refractivity contribution is 6.33. The van der Waals surface area contributed by atoms with Crippen molar-refractivity contribution in [3.63, 3.8) is 0 Å². The molecule has 2 aromatic rings. The molecule has 0 aliphatic rings. The van der Waals surface area contributed by atoms with Crippen LogP contribution in [0.3, 0.4) is 0 Å². The van der Waals surface area contributed by atoms with Crippen molar-refractivity contribution in [1.29, 1.82) is 0 Å². The van der Waals surface area contributed by atoms with Gasteiger partial charge in [-0.05, 0) is 44.5 Å². The third kappa shape index (κ3) is 4.82. The van der Waals surface area contributed by atoms with Gasteiger partial charge in [-0.2, -0.15) is 5.10 Å². The van der Waals surface area contributed by atoms with Gasteiger partial charge in [-0.1, -0.05) is 24.9 Å². The Labute approximate surface area is 156 Å². The molecular weight excluding hydrogens is 361 g/mol. The highest BCUT2D eigenvalue weighted by Crippen LogP contribution is 2.24. The second-order valence-corrected chi connectivity index (χ2v) is 6.33. The van der Waals surface area contributed by atoms with Crippen molar-refractivity contribution in [2.24, 2.45) is 0 Å². The summed E-state index contributed by atoms with van der Waals surface area (Å²) in [6.45, 7) is 5.11. The van der Waals surface area contributed by atoms with E-state index in [4.69, 9.17) is 16.3 Å². The molecule has 1 aromatic heterocycles. The first kappa shape index (κ1) is 19.9. The number of halogens is 2. The molecule has 1 heterocycles. The second kappa shape index (κ2) is 8.80. The van der Waals surface area contributed by atoms with Crippen molar-refractivity contribution >= 4 is 23.5 Å². The first-order valence-corrected chi connectivity index (χ1v) is 8.68. The lowest BCUT2D eigenvalue weighted by atomic mass is 10.2. The van der Waals surface area contributed by atoms with Gasteiger partial charge >= 0.3 is 5.97 Å². The maximum Gasteiger partial charge on any atom is 0.343 e. The van der Waals surface area contributed by atoms with E-state index in [0.717, 1.165) is 12.8 Å². The summed E-state index contributed by atoms with van der Waals surface area (Å²) in [4.78, 5) is 24.1. The molecule has 0 bridgehead atoms. The average molecular weight is 382 g/mol. The van der Waals surface area contributed by atoms with Gasteiger partial charge in [0.05, 0.1) is 11.4 Å². The minimum absolute atomic E-state index is 0.0118. The van der Waals surface area contributed by atoms with E-state index >= 15 is 0 Å². The van der Waals surface area contributed by atoms with Crippen molar-refractivity contribution < 1.29 is 18.7 Å². The van der Waals surface area contributed by atoms with Crippen molar-refractivity contribution in [3.8, 4) is 5.69 Å². The Kier molecular flexibility index (Phi) is 6.74. The van der Waals surface area contributed by atoms with Gasteiger partial charge in [0.2, 0.25) is 0 Å². The first-order valence-electron chi connectivity index (χ1n) is 8.31. The fraction of sp³-hybridized carbons (Fsp3) is 0.389. The van der Waals surface area contributed by atoms with E-state index in [0.29, 0.717) is 11.4 Å². The Morgan fingerprint density at radius 2 is 2.00 bits per heavy atom. The molecular formula is C18H21ClFN3O3. The summed E-state index contributed by atoms with van der Waals surface area (Å²) in [6, 6.07) is 5.53. The summed E-state index contributed by atoms with van der Waals surface area (Å²) in [5, 5.41) is 6.98. The number of benzene rings is 1. The number of carbonyl (C=O) groups is 2. The molecule has 6 nitrogen and oxygen atoms in total. The first-order chi connectivity index (χ1) is 12.3. The zero-order valence-electron chi connectivity index (χ0n) is 14.9. The van der Waals surface area contributed by atoms with Crippen molar-refractivity contribution in [2.75, 3.05) is 6.61 Å². The third-order valence-corrected chi connectivity index (χ3v) is 4.09. The summed E-state index contributed by atoms with van der Waals surface area (Å²) in [5.41, 5.74) is 0.930. The Morgan fingerprint density at radius 3 is 2.62 bits per heavy atom. The number of amides is 1. The van der Waals surface area contributed by atoms with Crippen LogP contribution in [0.4, 0.5) is 4.39 Å². The number of rotatable bonds is 7. The van der Waals surface area contributed by atoms with E-state index in [1.54, 1.807) is 6.92 Å². The Balaban J connectivity index is 2.08. The molecule has 0 radical (unpaired) electrons. The van der Waals surface area contributed by atoms with Crippen LogP contribution >= 0.6 is 11.6 Å². The van der Waals surface area contributed by atoms with Gasteiger partial charge in [0.1, 0.15) is 16.5 Å². The van der Waals surface area contributed by atoms with Crippen LogP contribution in [0.25, 0.3) is 5.69 Å². The maximum absolute atomic E-state index is 13.1. The van der Waals surface area contributed by atoms with Crippen LogP contribution in [0, 0.1) is 12.7 Å². The maximum atomic E-state index is 13.1. The molecule has 1 aromatic carbocycles. The predicted octanol–water partition coefficient (Wildman–Crippen LogP) is 3.43. The molecule has 140 valence electrons. The second-order valence-electron chi connectivity index (χ2n) is 5.97. The van der Waals surface area contributed by atoms with Crippen molar-refractivity contribution in [1.82, 2.24) is 15.1 Å². The van der Waals surface area contributed by atoms with Crippen LogP contribution in [0.15, 0.2) is 24.3 Å². The zero-order valence-corrected chi connectivity index (χ0v) is 15.6. The topological polar surface area (TPSA) is 73.2 Å². The number of ether oxygens (including phenoxy) is 1. The average Bonchev–Trinajstić information content (AvgIpc) is 2.88. The van der Waals surface area contributed by atoms with Crippen molar-refractivity contribution in [2.45, 2.75) is 39.7 Å². The smallest absolute Gasteiger partial charge is 0.343 e. The van der Waals surface area contributed by atoms with E-state index in [2.05, 4.69) is 10.4 Å². The normalized spacial score (nSPS) is 11.9. The molecule has 0 saturated carbocycles. The Hall–Kier alpha value is -2.41. The van der Waals surface area contributed by atoms with E-state index < -0.39 is 18.4 Å². The minimum atomic E-state index is -0.737. The largest absolute Gasteiger partial charge is 0.452 e. The molecule has 0 spiro atoms. The summed E-state index contributed by atoms with van der Waals surface area (Å²) < 4.78 is 19.4.